The predicted molar refractivity (Wildman–Crippen MR) is 118 cm³/mol. The van der Waals surface area contributed by atoms with Crippen molar-refractivity contribution >= 4 is 18.1 Å². The minimum atomic E-state index is -0.919. The van der Waals surface area contributed by atoms with Gasteiger partial charge in [0.15, 0.2) is 5.76 Å². The van der Waals surface area contributed by atoms with Crippen LogP contribution >= 0.6 is 0 Å². The molecule has 1 atom stereocenters. The third-order valence-corrected chi connectivity index (χ3v) is 4.86. The Morgan fingerprint density at radius 3 is 2.74 bits per heavy atom. The van der Waals surface area contributed by atoms with Crippen molar-refractivity contribution in [3.05, 3.63) is 71.7 Å². The molecular weight excluding hydrogens is 445 g/mol. The van der Waals surface area contributed by atoms with Gasteiger partial charge in [-0.2, -0.15) is 0 Å². The van der Waals surface area contributed by atoms with Crippen molar-refractivity contribution in [1.82, 2.24) is 10.2 Å². The SMILES string of the molecule is CCc1ccc(OC(C)OC=O)c(C(=O)Nc2cc(-c3nnc(-c4ccco4)o3)ccc2F)c1. The van der Waals surface area contributed by atoms with Crippen LogP contribution in [0.15, 0.2) is 63.6 Å². The lowest BCUT2D eigenvalue weighted by atomic mass is 10.1. The quantitative estimate of drug-likeness (QED) is 0.275. The van der Waals surface area contributed by atoms with Crippen LogP contribution in [0.3, 0.4) is 0 Å². The Labute approximate surface area is 193 Å². The van der Waals surface area contributed by atoms with E-state index in [1.54, 1.807) is 30.3 Å². The molecule has 0 aliphatic carbocycles. The van der Waals surface area contributed by atoms with Gasteiger partial charge in [-0.05, 0) is 54.4 Å². The van der Waals surface area contributed by atoms with Crippen LogP contribution in [0.25, 0.3) is 23.1 Å². The average molecular weight is 465 g/mol. The van der Waals surface area contributed by atoms with Gasteiger partial charge in [0.2, 0.25) is 12.2 Å². The highest BCUT2D eigenvalue weighted by atomic mass is 19.1. The van der Waals surface area contributed by atoms with Crippen LogP contribution in [-0.2, 0) is 16.0 Å². The van der Waals surface area contributed by atoms with E-state index in [1.807, 2.05) is 6.92 Å². The zero-order valence-electron chi connectivity index (χ0n) is 18.3. The molecule has 4 aromatic rings. The van der Waals surface area contributed by atoms with Gasteiger partial charge in [0.1, 0.15) is 11.6 Å². The minimum absolute atomic E-state index is 0.0923. The van der Waals surface area contributed by atoms with Gasteiger partial charge >= 0.3 is 0 Å². The number of nitrogens with one attached hydrogen (secondary N) is 1. The molecule has 0 bridgehead atoms. The summed E-state index contributed by atoms with van der Waals surface area (Å²) in [6.07, 6.45) is 1.22. The molecule has 0 aliphatic heterocycles. The van der Waals surface area contributed by atoms with Crippen LogP contribution in [0.4, 0.5) is 10.1 Å². The Morgan fingerprint density at radius 1 is 1.18 bits per heavy atom. The number of aryl methyl sites for hydroxylation is 1. The van der Waals surface area contributed by atoms with Crippen molar-refractivity contribution in [1.29, 1.82) is 0 Å². The number of halogens is 1. The number of furan rings is 1. The third kappa shape index (κ3) is 4.96. The number of aromatic nitrogens is 2. The lowest BCUT2D eigenvalue weighted by Crippen LogP contribution is -2.20. The fourth-order valence-corrected chi connectivity index (χ4v) is 3.15. The first-order valence-electron chi connectivity index (χ1n) is 10.4. The molecule has 2 aromatic carbocycles. The standard InChI is InChI=1S/C24H20FN3O6/c1-3-15-6-9-20(33-14(2)32-13-29)17(11-15)22(30)26-19-12-16(7-8-18(19)25)23-27-28-24(34-23)21-5-4-10-31-21/h4-14H,3H2,1-2H3,(H,26,30). The van der Waals surface area contributed by atoms with Crippen molar-refractivity contribution < 1.29 is 32.3 Å². The van der Waals surface area contributed by atoms with Crippen molar-refractivity contribution in [3.63, 3.8) is 0 Å². The number of ether oxygens (including phenoxy) is 2. The highest BCUT2D eigenvalue weighted by molar-refractivity contribution is 6.06. The smallest absolute Gasteiger partial charge is 0.296 e. The maximum absolute atomic E-state index is 14.6. The molecule has 34 heavy (non-hydrogen) atoms. The molecule has 174 valence electrons. The first-order chi connectivity index (χ1) is 16.5. The Balaban J connectivity index is 1.60. The number of hydrogen-bond acceptors (Lipinski definition) is 8. The lowest BCUT2D eigenvalue weighted by Gasteiger charge is -2.17. The van der Waals surface area contributed by atoms with Crippen molar-refractivity contribution in [2.75, 3.05) is 5.32 Å². The van der Waals surface area contributed by atoms with E-state index in [9.17, 15) is 14.0 Å². The second-order valence-electron chi connectivity index (χ2n) is 7.14. The number of rotatable bonds is 9. The Bertz CT molecular complexity index is 1300. The van der Waals surface area contributed by atoms with Crippen LogP contribution in [0, 0.1) is 5.82 Å². The zero-order chi connectivity index (χ0) is 24.1. The summed E-state index contributed by atoms with van der Waals surface area (Å²) in [6.45, 7) is 3.69. The number of nitrogens with zero attached hydrogens (tertiary/aromatic N) is 2. The average Bonchev–Trinajstić information content (AvgIpc) is 3.53. The molecule has 1 N–H and O–H groups in total. The number of carbonyl (C=O) groups is 2. The van der Waals surface area contributed by atoms with Crippen LogP contribution in [0.2, 0.25) is 0 Å². The molecule has 2 aromatic heterocycles. The van der Waals surface area contributed by atoms with Gasteiger partial charge in [0.05, 0.1) is 17.5 Å². The number of carbonyl (C=O) groups excluding carboxylic acids is 2. The van der Waals surface area contributed by atoms with Crippen molar-refractivity contribution in [2.24, 2.45) is 0 Å². The highest BCUT2D eigenvalue weighted by Gasteiger charge is 2.19. The van der Waals surface area contributed by atoms with E-state index in [0.29, 0.717) is 17.7 Å². The normalized spacial score (nSPS) is 11.6. The summed E-state index contributed by atoms with van der Waals surface area (Å²) in [4.78, 5) is 23.6. The van der Waals surface area contributed by atoms with Crippen molar-refractivity contribution in [2.45, 2.75) is 26.6 Å². The maximum Gasteiger partial charge on any atom is 0.296 e. The minimum Gasteiger partial charge on any atom is -0.459 e. The predicted octanol–water partition coefficient (Wildman–Crippen LogP) is 4.85. The van der Waals surface area contributed by atoms with Crippen LogP contribution < -0.4 is 10.1 Å². The fraction of sp³-hybridized carbons (Fsp3) is 0.167. The number of benzene rings is 2. The molecule has 1 amide bonds. The number of anilines is 1. The van der Waals surface area contributed by atoms with Gasteiger partial charge < -0.3 is 23.6 Å². The van der Waals surface area contributed by atoms with Crippen molar-refractivity contribution in [3.8, 4) is 28.9 Å². The van der Waals surface area contributed by atoms with E-state index in [-0.39, 0.29) is 35.3 Å². The summed E-state index contributed by atoms with van der Waals surface area (Å²) in [5.74, 6) is -0.402. The van der Waals surface area contributed by atoms with Gasteiger partial charge in [0, 0.05) is 12.5 Å². The summed E-state index contributed by atoms with van der Waals surface area (Å²) in [7, 11) is 0. The number of hydrogen-bond donors (Lipinski definition) is 1. The van der Waals surface area contributed by atoms with E-state index in [0.717, 1.165) is 5.56 Å². The molecule has 4 rings (SSSR count). The largest absolute Gasteiger partial charge is 0.459 e. The third-order valence-electron chi connectivity index (χ3n) is 4.86. The summed E-state index contributed by atoms with van der Waals surface area (Å²) >= 11 is 0. The topological polar surface area (TPSA) is 117 Å². The maximum atomic E-state index is 14.6. The molecule has 9 nitrogen and oxygen atoms in total. The molecule has 0 saturated heterocycles. The van der Waals surface area contributed by atoms with Crippen LogP contribution in [-0.4, -0.2) is 28.9 Å². The molecule has 0 spiro atoms. The Kier molecular flexibility index (Phi) is 6.67. The highest BCUT2D eigenvalue weighted by Crippen LogP contribution is 2.29. The molecule has 0 saturated carbocycles. The molecule has 0 aliphatic rings. The summed E-state index contributed by atoms with van der Waals surface area (Å²) in [5.41, 5.74) is 1.33. The van der Waals surface area contributed by atoms with Crippen LogP contribution in [0.1, 0.15) is 29.8 Å². The fourth-order valence-electron chi connectivity index (χ4n) is 3.15. The molecular formula is C24H20FN3O6. The molecule has 0 radical (unpaired) electrons. The molecule has 2 heterocycles. The van der Waals surface area contributed by atoms with E-state index < -0.39 is 18.0 Å². The lowest BCUT2D eigenvalue weighted by molar-refractivity contribution is -0.145. The Hall–Kier alpha value is -4.47. The van der Waals surface area contributed by atoms with E-state index in [4.69, 9.17) is 18.3 Å². The van der Waals surface area contributed by atoms with E-state index in [1.165, 1.54) is 31.4 Å². The van der Waals surface area contributed by atoms with E-state index in [2.05, 4.69) is 15.5 Å². The monoisotopic (exact) mass is 465 g/mol. The van der Waals surface area contributed by atoms with Gasteiger partial charge in [0.25, 0.3) is 18.3 Å². The second kappa shape index (κ2) is 9.99. The number of amides is 1. The summed E-state index contributed by atoms with van der Waals surface area (Å²) in [5, 5.41) is 10.4. The summed E-state index contributed by atoms with van der Waals surface area (Å²) < 4.78 is 35.7. The first kappa shape index (κ1) is 22.7. The zero-order valence-corrected chi connectivity index (χ0v) is 18.3. The van der Waals surface area contributed by atoms with Gasteiger partial charge in [-0.25, -0.2) is 4.39 Å². The van der Waals surface area contributed by atoms with E-state index >= 15 is 0 Å². The van der Waals surface area contributed by atoms with Gasteiger partial charge in [-0.1, -0.05) is 13.0 Å². The summed E-state index contributed by atoms with van der Waals surface area (Å²) in [6, 6.07) is 12.4. The molecule has 1 unspecified atom stereocenters. The van der Waals surface area contributed by atoms with Gasteiger partial charge in [-0.15, -0.1) is 10.2 Å². The first-order valence-corrected chi connectivity index (χ1v) is 10.4. The molecule has 10 heteroatoms. The van der Waals surface area contributed by atoms with Crippen LogP contribution in [0.5, 0.6) is 5.75 Å². The Morgan fingerprint density at radius 2 is 2.00 bits per heavy atom. The van der Waals surface area contributed by atoms with Gasteiger partial charge in [-0.3, -0.25) is 9.59 Å². The second-order valence-corrected chi connectivity index (χ2v) is 7.14. The molecule has 0 fully saturated rings.